The molecule has 0 aromatic carbocycles. The molecule has 2 heterocycles. The van der Waals surface area contributed by atoms with Crippen LogP contribution in [0.5, 0.6) is 0 Å². The maximum atomic E-state index is 3.42. The first-order chi connectivity index (χ1) is 7.69. The van der Waals surface area contributed by atoms with E-state index in [1.165, 1.54) is 45.4 Å². The van der Waals surface area contributed by atoms with Gasteiger partial charge in [-0.2, -0.15) is 0 Å². The van der Waals surface area contributed by atoms with Crippen LogP contribution in [-0.4, -0.2) is 62.2 Å². The maximum Gasteiger partial charge on any atom is 0.00910 e. The minimum Gasteiger partial charge on any atom is -0.317 e. The van der Waals surface area contributed by atoms with Crippen LogP contribution in [0.15, 0.2) is 0 Å². The van der Waals surface area contributed by atoms with Crippen LogP contribution in [0.2, 0.25) is 0 Å². The third kappa shape index (κ3) is 2.96. The average Bonchev–Trinajstić information content (AvgIpc) is 2.67. The molecule has 0 spiro atoms. The summed E-state index contributed by atoms with van der Waals surface area (Å²) in [5.74, 6) is 0.915. The maximum absolute atomic E-state index is 3.42. The molecule has 2 aliphatic heterocycles. The second-order valence-corrected chi connectivity index (χ2v) is 5.77. The number of hydrogen-bond acceptors (Lipinski definition) is 3. The van der Waals surface area contributed by atoms with E-state index in [1.54, 1.807) is 0 Å². The van der Waals surface area contributed by atoms with E-state index in [1.807, 2.05) is 0 Å². The molecule has 94 valence electrons. The zero-order valence-electron chi connectivity index (χ0n) is 11.1. The van der Waals surface area contributed by atoms with Gasteiger partial charge in [-0.05, 0) is 59.3 Å². The molecule has 0 radical (unpaired) electrons. The molecule has 0 amide bonds. The highest BCUT2D eigenvalue weighted by atomic mass is 15.2. The summed E-state index contributed by atoms with van der Waals surface area (Å²) >= 11 is 0. The summed E-state index contributed by atoms with van der Waals surface area (Å²) in [5, 5.41) is 3.42. The fourth-order valence-electron chi connectivity index (χ4n) is 3.26. The molecule has 2 rings (SSSR count). The van der Waals surface area contributed by atoms with Crippen LogP contribution in [0, 0.1) is 5.92 Å². The van der Waals surface area contributed by atoms with E-state index in [2.05, 4.69) is 36.1 Å². The van der Waals surface area contributed by atoms with Gasteiger partial charge in [-0.15, -0.1) is 0 Å². The molecule has 3 unspecified atom stereocenters. The largest absolute Gasteiger partial charge is 0.317 e. The molecule has 2 fully saturated rings. The molecule has 0 saturated carbocycles. The fraction of sp³-hybridized carbons (Fsp3) is 1.00. The summed E-state index contributed by atoms with van der Waals surface area (Å²) in [6, 6.07) is 1.51. The van der Waals surface area contributed by atoms with Crippen molar-refractivity contribution in [3.63, 3.8) is 0 Å². The van der Waals surface area contributed by atoms with E-state index in [9.17, 15) is 0 Å². The van der Waals surface area contributed by atoms with Gasteiger partial charge in [0.2, 0.25) is 0 Å². The molecule has 2 aliphatic rings. The summed E-state index contributed by atoms with van der Waals surface area (Å²) in [5.41, 5.74) is 0. The highest BCUT2D eigenvalue weighted by molar-refractivity contribution is 4.85. The summed E-state index contributed by atoms with van der Waals surface area (Å²) in [7, 11) is 4.34. The molecule has 0 aromatic heterocycles. The highest BCUT2D eigenvalue weighted by Crippen LogP contribution is 2.22. The zero-order chi connectivity index (χ0) is 11.5. The van der Waals surface area contributed by atoms with Gasteiger partial charge >= 0.3 is 0 Å². The van der Waals surface area contributed by atoms with Crippen molar-refractivity contribution in [2.75, 3.05) is 40.3 Å². The Morgan fingerprint density at radius 1 is 1.25 bits per heavy atom. The fourth-order valence-corrected chi connectivity index (χ4v) is 3.26. The van der Waals surface area contributed by atoms with Crippen molar-refractivity contribution in [1.82, 2.24) is 15.1 Å². The van der Waals surface area contributed by atoms with Crippen LogP contribution in [0.25, 0.3) is 0 Å². The molecule has 16 heavy (non-hydrogen) atoms. The lowest BCUT2D eigenvalue weighted by molar-refractivity contribution is 0.119. The van der Waals surface area contributed by atoms with Gasteiger partial charge in [0.1, 0.15) is 0 Å². The molecular formula is C13H27N3. The van der Waals surface area contributed by atoms with Crippen LogP contribution in [-0.2, 0) is 0 Å². The van der Waals surface area contributed by atoms with Gasteiger partial charge in [-0.25, -0.2) is 0 Å². The lowest BCUT2D eigenvalue weighted by Crippen LogP contribution is -2.48. The van der Waals surface area contributed by atoms with Crippen molar-refractivity contribution in [3.05, 3.63) is 0 Å². The van der Waals surface area contributed by atoms with Gasteiger partial charge in [-0.3, -0.25) is 0 Å². The predicted molar refractivity (Wildman–Crippen MR) is 68.7 cm³/mol. The van der Waals surface area contributed by atoms with E-state index in [4.69, 9.17) is 0 Å². The Morgan fingerprint density at radius 3 is 2.62 bits per heavy atom. The van der Waals surface area contributed by atoms with Gasteiger partial charge in [0.15, 0.2) is 0 Å². The smallest absolute Gasteiger partial charge is 0.00910 e. The van der Waals surface area contributed by atoms with Gasteiger partial charge < -0.3 is 15.1 Å². The molecule has 0 bridgehead atoms. The molecule has 3 nitrogen and oxygen atoms in total. The lowest BCUT2D eigenvalue weighted by Gasteiger charge is -2.38. The van der Waals surface area contributed by atoms with E-state index < -0.39 is 0 Å². The number of nitrogens with one attached hydrogen (secondary N) is 1. The van der Waals surface area contributed by atoms with Crippen molar-refractivity contribution < 1.29 is 0 Å². The predicted octanol–water partition coefficient (Wildman–Crippen LogP) is 1.01. The summed E-state index contributed by atoms with van der Waals surface area (Å²) in [6.45, 7) is 7.60. The van der Waals surface area contributed by atoms with Gasteiger partial charge in [0.25, 0.3) is 0 Å². The van der Waals surface area contributed by atoms with Gasteiger partial charge in [0.05, 0.1) is 0 Å². The quantitative estimate of drug-likeness (QED) is 0.773. The van der Waals surface area contributed by atoms with Crippen LogP contribution < -0.4 is 5.32 Å². The number of piperidine rings is 1. The SMILES string of the molecule is CNC1CCN(CC2CCN(C)C2)C(C)C1. The minimum atomic E-state index is 0.748. The Kier molecular flexibility index (Phi) is 4.22. The Morgan fingerprint density at radius 2 is 2.06 bits per heavy atom. The highest BCUT2D eigenvalue weighted by Gasteiger charge is 2.28. The van der Waals surface area contributed by atoms with Crippen molar-refractivity contribution in [2.45, 2.75) is 38.3 Å². The van der Waals surface area contributed by atoms with Gasteiger partial charge in [0, 0.05) is 25.2 Å². The first kappa shape index (κ1) is 12.3. The zero-order valence-corrected chi connectivity index (χ0v) is 11.1. The minimum absolute atomic E-state index is 0.748. The van der Waals surface area contributed by atoms with E-state index in [-0.39, 0.29) is 0 Å². The monoisotopic (exact) mass is 225 g/mol. The standard InChI is InChI=1S/C13H27N3/c1-11-8-13(14-2)5-7-16(11)10-12-4-6-15(3)9-12/h11-14H,4-10H2,1-3H3. The third-order valence-corrected chi connectivity index (χ3v) is 4.40. The molecule has 3 heteroatoms. The Balaban J connectivity index is 1.77. The Bertz CT molecular complexity index is 219. The second kappa shape index (κ2) is 5.48. The summed E-state index contributed by atoms with van der Waals surface area (Å²) < 4.78 is 0. The number of likely N-dealkylation sites (tertiary alicyclic amines) is 2. The average molecular weight is 225 g/mol. The molecule has 3 atom stereocenters. The lowest BCUT2D eigenvalue weighted by atomic mass is 9.96. The molecule has 1 N–H and O–H groups in total. The van der Waals surface area contributed by atoms with Crippen LogP contribution in [0.3, 0.4) is 0 Å². The van der Waals surface area contributed by atoms with E-state index in [0.717, 1.165) is 18.0 Å². The van der Waals surface area contributed by atoms with Crippen LogP contribution in [0.4, 0.5) is 0 Å². The van der Waals surface area contributed by atoms with Crippen molar-refractivity contribution in [1.29, 1.82) is 0 Å². The molecule has 0 aliphatic carbocycles. The number of rotatable bonds is 3. The first-order valence-electron chi connectivity index (χ1n) is 6.79. The molecule has 2 saturated heterocycles. The molecular weight excluding hydrogens is 198 g/mol. The molecule has 0 aromatic rings. The summed E-state index contributed by atoms with van der Waals surface area (Å²) in [6.07, 6.45) is 4.04. The van der Waals surface area contributed by atoms with Crippen molar-refractivity contribution in [3.8, 4) is 0 Å². The first-order valence-corrected chi connectivity index (χ1v) is 6.79. The number of hydrogen-bond donors (Lipinski definition) is 1. The normalized spacial score (nSPS) is 38.1. The van der Waals surface area contributed by atoms with Crippen molar-refractivity contribution >= 4 is 0 Å². The van der Waals surface area contributed by atoms with Gasteiger partial charge in [-0.1, -0.05) is 0 Å². The Hall–Kier alpha value is -0.120. The third-order valence-electron chi connectivity index (χ3n) is 4.40. The van der Waals surface area contributed by atoms with E-state index in [0.29, 0.717) is 0 Å². The van der Waals surface area contributed by atoms with Crippen LogP contribution in [0.1, 0.15) is 26.2 Å². The number of nitrogens with zero attached hydrogens (tertiary/aromatic N) is 2. The van der Waals surface area contributed by atoms with Crippen molar-refractivity contribution in [2.24, 2.45) is 5.92 Å². The second-order valence-electron chi connectivity index (χ2n) is 5.77. The topological polar surface area (TPSA) is 18.5 Å². The Labute approximate surface area is 100 Å². The van der Waals surface area contributed by atoms with E-state index >= 15 is 0 Å². The van der Waals surface area contributed by atoms with Crippen LogP contribution >= 0.6 is 0 Å². The summed E-state index contributed by atoms with van der Waals surface area (Å²) in [4.78, 5) is 5.17.